The SMILES string of the molecule is Cc1cc(C)cc(N(C)c2cc(F)cc(CN)c2)c1. The van der Waals surface area contributed by atoms with Gasteiger partial charge in [0.25, 0.3) is 0 Å². The molecule has 2 aromatic carbocycles. The summed E-state index contributed by atoms with van der Waals surface area (Å²) in [4.78, 5) is 1.97. The number of anilines is 2. The van der Waals surface area contributed by atoms with Crippen molar-refractivity contribution in [1.82, 2.24) is 0 Å². The Labute approximate surface area is 113 Å². The molecule has 0 aliphatic heterocycles. The third-order valence-electron chi connectivity index (χ3n) is 3.16. The van der Waals surface area contributed by atoms with E-state index in [-0.39, 0.29) is 5.82 Å². The minimum atomic E-state index is -0.255. The monoisotopic (exact) mass is 258 g/mol. The molecule has 0 aromatic heterocycles. The lowest BCUT2D eigenvalue weighted by Gasteiger charge is -2.21. The Balaban J connectivity index is 2.43. The summed E-state index contributed by atoms with van der Waals surface area (Å²) in [5, 5.41) is 0. The van der Waals surface area contributed by atoms with Gasteiger partial charge in [0, 0.05) is 25.0 Å². The van der Waals surface area contributed by atoms with E-state index in [9.17, 15) is 4.39 Å². The molecule has 0 unspecified atom stereocenters. The second-order valence-corrected chi connectivity index (χ2v) is 4.93. The number of benzene rings is 2. The fraction of sp³-hybridized carbons (Fsp3) is 0.250. The van der Waals surface area contributed by atoms with Crippen molar-refractivity contribution < 1.29 is 4.39 Å². The van der Waals surface area contributed by atoms with Crippen LogP contribution < -0.4 is 10.6 Å². The zero-order valence-corrected chi connectivity index (χ0v) is 11.6. The standard InChI is InChI=1S/C16H19FN2/c1-11-4-12(2)6-15(5-11)19(3)16-8-13(10-18)7-14(17)9-16/h4-9H,10,18H2,1-3H3. The number of nitrogens with zero attached hydrogens (tertiary/aromatic N) is 1. The van der Waals surface area contributed by atoms with Crippen molar-refractivity contribution >= 4 is 11.4 Å². The normalized spacial score (nSPS) is 10.6. The van der Waals surface area contributed by atoms with Crippen LogP contribution in [-0.2, 0) is 6.54 Å². The molecule has 2 aromatic rings. The predicted molar refractivity (Wildman–Crippen MR) is 78.3 cm³/mol. The molecule has 2 nitrogen and oxygen atoms in total. The molecule has 0 atom stereocenters. The zero-order chi connectivity index (χ0) is 14.0. The molecule has 2 N–H and O–H groups in total. The molecular formula is C16H19FN2. The summed E-state index contributed by atoms with van der Waals surface area (Å²) in [5.74, 6) is -0.255. The van der Waals surface area contributed by atoms with Gasteiger partial charge in [0.2, 0.25) is 0 Å². The fourth-order valence-corrected chi connectivity index (χ4v) is 2.24. The lowest BCUT2D eigenvalue weighted by Crippen LogP contribution is -2.11. The van der Waals surface area contributed by atoms with Gasteiger partial charge in [0.15, 0.2) is 0 Å². The number of rotatable bonds is 3. The van der Waals surface area contributed by atoms with Gasteiger partial charge < -0.3 is 10.6 Å². The van der Waals surface area contributed by atoms with Crippen molar-refractivity contribution in [3.05, 3.63) is 58.9 Å². The maximum atomic E-state index is 13.6. The van der Waals surface area contributed by atoms with Crippen molar-refractivity contribution in [2.24, 2.45) is 5.73 Å². The quantitative estimate of drug-likeness (QED) is 0.910. The van der Waals surface area contributed by atoms with E-state index in [1.165, 1.54) is 23.3 Å². The Morgan fingerprint density at radius 3 is 2.11 bits per heavy atom. The molecule has 0 spiro atoms. The van der Waals surface area contributed by atoms with E-state index in [2.05, 4.69) is 32.0 Å². The lowest BCUT2D eigenvalue weighted by molar-refractivity contribution is 0.625. The van der Waals surface area contributed by atoms with Crippen LogP contribution in [0.5, 0.6) is 0 Å². The van der Waals surface area contributed by atoms with Crippen LogP contribution in [0.3, 0.4) is 0 Å². The van der Waals surface area contributed by atoms with Crippen LogP contribution in [0.2, 0.25) is 0 Å². The smallest absolute Gasteiger partial charge is 0.125 e. The fourth-order valence-electron chi connectivity index (χ4n) is 2.24. The van der Waals surface area contributed by atoms with Crippen molar-refractivity contribution in [2.75, 3.05) is 11.9 Å². The molecular weight excluding hydrogens is 239 g/mol. The average molecular weight is 258 g/mol. The lowest BCUT2D eigenvalue weighted by atomic mass is 10.1. The van der Waals surface area contributed by atoms with Gasteiger partial charge in [-0.15, -0.1) is 0 Å². The molecule has 0 aliphatic rings. The molecule has 0 heterocycles. The van der Waals surface area contributed by atoms with Gasteiger partial charge >= 0.3 is 0 Å². The van der Waals surface area contributed by atoms with E-state index in [1.54, 1.807) is 0 Å². The van der Waals surface area contributed by atoms with E-state index in [0.29, 0.717) is 6.54 Å². The Hall–Kier alpha value is -1.87. The zero-order valence-electron chi connectivity index (χ0n) is 11.6. The van der Waals surface area contributed by atoms with Crippen LogP contribution in [-0.4, -0.2) is 7.05 Å². The molecule has 0 amide bonds. The van der Waals surface area contributed by atoms with Gasteiger partial charge in [-0.25, -0.2) is 4.39 Å². The molecule has 19 heavy (non-hydrogen) atoms. The van der Waals surface area contributed by atoms with Crippen LogP contribution in [0.1, 0.15) is 16.7 Å². The summed E-state index contributed by atoms with van der Waals surface area (Å²) in [6.07, 6.45) is 0. The molecule has 0 saturated carbocycles. The molecule has 0 bridgehead atoms. The van der Waals surface area contributed by atoms with Gasteiger partial charge in [-0.05, 0) is 60.9 Å². The first kappa shape index (κ1) is 13.6. The second kappa shape index (κ2) is 5.41. The van der Waals surface area contributed by atoms with Crippen LogP contribution in [0.25, 0.3) is 0 Å². The highest BCUT2D eigenvalue weighted by atomic mass is 19.1. The minimum Gasteiger partial charge on any atom is -0.345 e. The number of aryl methyl sites for hydroxylation is 2. The van der Waals surface area contributed by atoms with E-state index < -0.39 is 0 Å². The minimum absolute atomic E-state index is 0.255. The third-order valence-corrected chi connectivity index (χ3v) is 3.16. The largest absolute Gasteiger partial charge is 0.345 e. The predicted octanol–water partition coefficient (Wildman–Crippen LogP) is 3.67. The van der Waals surface area contributed by atoms with Gasteiger partial charge in [-0.1, -0.05) is 6.07 Å². The Morgan fingerprint density at radius 2 is 1.53 bits per heavy atom. The summed E-state index contributed by atoms with van der Waals surface area (Å²) in [6, 6.07) is 11.2. The van der Waals surface area contributed by atoms with Crippen LogP contribution in [0, 0.1) is 19.7 Å². The van der Waals surface area contributed by atoms with Gasteiger partial charge in [-0.3, -0.25) is 0 Å². The topological polar surface area (TPSA) is 29.3 Å². The van der Waals surface area contributed by atoms with Crippen LogP contribution >= 0.6 is 0 Å². The van der Waals surface area contributed by atoms with Crippen molar-refractivity contribution in [2.45, 2.75) is 20.4 Å². The van der Waals surface area contributed by atoms with Crippen molar-refractivity contribution in [1.29, 1.82) is 0 Å². The molecule has 2 rings (SSSR count). The van der Waals surface area contributed by atoms with E-state index in [0.717, 1.165) is 16.9 Å². The first-order chi connectivity index (χ1) is 8.99. The first-order valence-corrected chi connectivity index (χ1v) is 6.31. The van der Waals surface area contributed by atoms with Crippen molar-refractivity contribution in [3.8, 4) is 0 Å². The number of hydrogen-bond acceptors (Lipinski definition) is 2. The maximum Gasteiger partial charge on any atom is 0.125 e. The Bertz CT molecular complexity index is 573. The van der Waals surface area contributed by atoms with Crippen LogP contribution in [0.4, 0.5) is 15.8 Å². The molecule has 3 heteroatoms. The Morgan fingerprint density at radius 1 is 0.947 bits per heavy atom. The third kappa shape index (κ3) is 3.12. The van der Waals surface area contributed by atoms with Gasteiger partial charge in [0.05, 0.1) is 0 Å². The molecule has 0 saturated heterocycles. The summed E-state index contributed by atoms with van der Waals surface area (Å²) < 4.78 is 13.6. The first-order valence-electron chi connectivity index (χ1n) is 6.31. The van der Waals surface area contributed by atoms with Gasteiger partial charge in [-0.2, -0.15) is 0 Å². The summed E-state index contributed by atoms with van der Waals surface area (Å²) in [6.45, 7) is 4.45. The molecule has 0 radical (unpaired) electrons. The van der Waals surface area contributed by atoms with Crippen LogP contribution in [0.15, 0.2) is 36.4 Å². The Kier molecular flexibility index (Phi) is 3.86. The molecule has 0 aliphatic carbocycles. The average Bonchev–Trinajstić information content (AvgIpc) is 2.35. The molecule has 0 fully saturated rings. The number of halogens is 1. The number of hydrogen-bond donors (Lipinski definition) is 1. The number of nitrogens with two attached hydrogens (primary N) is 1. The van der Waals surface area contributed by atoms with E-state index in [4.69, 9.17) is 5.73 Å². The summed E-state index contributed by atoms with van der Waals surface area (Å²) in [7, 11) is 1.93. The highest BCUT2D eigenvalue weighted by Crippen LogP contribution is 2.27. The second-order valence-electron chi connectivity index (χ2n) is 4.93. The maximum absolute atomic E-state index is 13.6. The van der Waals surface area contributed by atoms with E-state index in [1.807, 2.05) is 18.0 Å². The van der Waals surface area contributed by atoms with E-state index >= 15 is 0 Å². The van der Waals surface area contributed by atoms with Crippen molar-refractivity contribution in [3.63, 3.8) is 0 Å². The molecule has 100 valence electrons. The summed E-state index contributed by atoms with van der Waals surface area (Å²) >= 11 is 0. The summed E-state index contributed by atoms with van der Waals surface area (Å²) in [5.41, 5.74) is 10.6. The highest BCUT2D eigenvalue weighted by molar-refractivity contribution is 5.64. The highest BCUT2D eigenvalue weighted by Gasteiger charge is 2.08. The van der Waals surface area contributed by atoms with Gasteiger partial charge in [0.1, 0.15) is 5.82 Å².